The zero-order chi connectivity index (χ0) is 12.4. The zero-order valence-corrected chi connectivity index (χ0v) is 11.6. The van der Waals surface area contributed by atoms with E-state index in [0.717, 1.165) is 0 Å². The highest BCUT2D eigenvalue weighted by Crippen LogP contribution is 2.76. The molecule has 2 fully saturated rings. The normalized spacial score (nSPS) is 27.6. The van der Waals surface area contributed by atoms with Crippen LogP contribution in [0.4, 0.5) is 0 Å². The summed E-state index contributed by atoms with van der Waals surface area (Å²) >= 11 is 0. The van der Waals surface area contributed by atoms with Gasteiger partial charge in [-0.2, -0.15) is 0 Å². The number of allylic oxidation sites excluding steroid dienone is 2. The molecule has 2 saturated carbocycles. The minimum Gasteiger partial charge on any atom is -0.0838 e. The molecule has 0 saturated heterocycles. The van der Waals surface area contributed by atoms with Crippen molar-refractivity contribution in [2.24, 2.45) is 5.41 Å². The maximum absolute atomic E-state index is 2.37. The highest BCUT2D eigenvalue weighted by molar-refractivity contribution is 5.76. The van der Waals surface area contributed by atoms with Crippen LogP contribution in [-0.2, 0) is 11.8 Å². The summed E-state index contributed by atoms with van der Waals surface area (Å²) in [4.78, 5) is 0. The lowest BCUT2D eigenvalue weighted by Crippen LogP contribution is -2.29. The largest absolute Gasteiger partial charge is 0.0838 e. The lowest BCUT2D eigenvalue weighted by Gasteiger charge is -2.38. The van der Waals surface area contributed by atoms with E-state index in [1.54, 1.807) is 22.3 Å². The number of benzene rings is 1. The Kier molecular flexibility index (Phi) is 1.98. The van der Waals surface area contributed by atoms with Gasteiger partial charge >= 0.3 is 0 Å². The Balaban J connectivity index is 2.00. The van der Waals surface area contributed by atoms with E-state index in [2.05, 4.69) is 38.1 Å². The van der Waals surface area contributed by atoms with E-state index < -0.39 is 0 Å². The number of aryl methyl sites for hydroxylation is 1. The van der Waals surface area contributed by atoms with Crippen LogP contribution in [0, 0.1) is 5.41 Å². The van der Waals surface area contributed by atoms with E-state index >= 15 is 0 Å². The molecule has 0 aromatic heterocycles. The Morgan fingerprint density at radius 1 is 1.17 bits per heavy atom. The monoisotopic (exact) mass is 238 g/mol. The van der Waals surface area contributed by atoms with Gasteiger partial charge < -0.3 is 0 Å². The minimum absolute atomic E-state index is 0.599. The zero-order valence-electron chi connectivity index (χ0n) is 11.6. The van der Waals surface area contributed by atoms with Crippen LogP contribution >= 0.6 is 0 Å². The Bertz CT molecular complexity index is 539. The molecule has 3 aliphatic carbocycles. The summed E-state index contributed by atoms with van der Waals surface area (Å²) in [5.41, 5.74) is 7.86. The van der Waals surface area contributed by atoms with Crippen molar-refractivity contribution in [3.63, 3.8) is 0 Å². The fourth-order valence-corrected chi connectivity index (χ4v) is 4.59. The van der Waals surface area contributed by atoms with Gasteiger partial charge in [0.1, 0.15) is 0 Å². The number of rotatable bonds is 1. The number of hydrogen-bond donors (Lipinski definition) is 0. The Hall–Kier alpha value is -1.04. The highest BCUT2D eigenvalue weighted by atomic mass is 14.7. The summed E-state index contributed by atoms with van der Waals surface area (Å²) in [5, 5.41) is 0. The van der Waals surface area contributed by atoms with Gasteiger partial charge in [0, 0.05) is 5.41 Å². The van der Waals surface area contributed by atoms with Gasteiger partial charge in [-0.3, -0.25) is 0 Å². The van der Waals surface area contributed by atoms with E-state index in [9.17, 15) is 0 Å². The molecule has 0 unspecified atom stereocenters. The first-order valence-electron chi connectivity index (χ1n) is 7.54. The van der Waals surface area contributed by atoms with Crippen molar-refractivity contribution in [2.45, 2.75) is 57.8 Å². The summed E-state index contributed by atoms with van der Waals surface area (Å²) in [6, 6.07) is 7.01. The third-order valence-corrected chi connectivity index (χ3v) is 5.85. The predicted molar refractivity (Wildman–Crippen MR) is 76.7 cm³/mol. The Morgan fingerprint density at radius 2 is 1.94 bits per heavy atom. The lowest BCUT2D eigenvalue weighted by atomic mass is 9.66. The second-order valence-electron chi connectivity index (χ2n) is 6.55. The van der Waals surface area contributed by atoms with Crippen molar-refractivity contribution >= 4 is 5.57 Å². The molecule has 0 aliphatic heterocycles. The molecule has 94 valence electrons. The average molecular weight is 238 g/mol. The Labute approximate surface area is 110 Å². The molecule has 2 spiro atoms. The quantitative estimate of drug-likeness (QED) is 0.655. The van der Waals surface area contributed by atoms with Crippen LogP contribution in [0.3, 0.4) is 0 Å². The number of fused-ring (bicyclic) bond motifs is 3. The van der Waals surface area contributed by atoms with Crippen molar-refractivity contribution in [3.05, 3.63) is 41.0 Å². The molecule has 0 atom stereocenters. The van der Waals surface area contributed by atoms with Gasteiger partial charge in [0.15, 0.2) is 0 Å². The molecule has 1 aromatic carbocycles. The SMILES string of the molecule is C/C=C1\CC2(CC2)C2(CC2)c2c(CC)cccc21. The van der Waals surface area contributed by atoms with E-state index in [0.29, 0.717) is 10.8 Å². The maximum atomic E-state index is 2.37. The summed E-state index contributed by atoms with van der Waals surface area (Å²) in [6.07, 6.45) is 10.8. The first-order chi connectivity index (χ1) is 8.76. The third kappa shape index (κ3) is 1.12. The van der Waals surface area contributed by atoms with Crippen molar-refractivity contribution in [1.82, 2.24) is 0 Å². The standard InChI is InChI=1S/C18H22/c1-3-13-6-5-7-15-14(4-2)12-17(8-9-17)18(10-11-18)16(13)15/h4-7H,3,8-12H2,1-2H3/b14-4+. The lowest BCUT2D eigenvalue weighted by molar-refractivity contribution is 0.372. The van der Waals surface area contributed by atoms with Crippen molar-refractivity contribution < 1.29 is 0 Å². The van der Waals surface area contributed by atoms with Crippen molar-refractivity contribution in [3.8, 4) is 0 Å². The molecule has 0 amide bonds. The van der Waals surface area contributed by atoms with Crippen LogP contribution in [0.5, 0.6) is 0 Å². The van der Waals surface area contributed by atoms with Crippen LogP contribution in [0.15, 0.2) is 24.3 Å². The third-order valence-electron chi connectivity index (χ3n) is 5.85. The summed E-state index contributed by atoms with van der Waals surface area (Å²) < 4.78 is 0. The van der Waals surface area contributed by atoms with Gasteiger partial charge in [-0.05, 0) is 73.1 Å². The fourth-order valence-electron chi connectivity index (χ4n) is 4.59. The van der Waals surface area contributed by atoms with Gasteiger partial charge in [-0.15, -0.1) is 0 Å². The summed E-state index contributed by atoms with van der Waals surface area (Å²) in [7, 11) is 0. The smallest absolute Gasteiger partial charge is 0.00220 e. The van der Waals surface area contributed by atoms with Crippen molar-refractivity contribution in [1.29, 1.82) is 0 Å². The maximum Gasteiger partial charge on any atom is 0.00220 e. The number of hydrogen-bond acceptors (Lipinski definition) is 0. The van der Waals surface area contributed by atoms with E-state index in [4.69, 9.17) is 0 Å². The second kappa shape index (κ2) is 3.29. The molecule has 0 N–H and O–H groups in total. The van der Waals surface area contributed by atoms with Gasteiger partial charge in [-0.1, -0.05) is 31.2 Å². The molecule has 0 heteroatoms. The van der Waals surface area contributed by atoms with Crippen LogP contribution in [0.1, 0.15) is 62.6 Å². The topological polar surface area (TPSA) is 0 Å². The first kappa shape index (κ1) is 10.8. The van der Waals surface area contributed by atoms with Crippen LogP contribution in [0.2, 0.25) is 0 Å². The van der Waals surface area contributed by atoms with E-state index in [1.807, 2.05) is 0 Å². The Morgan fingerprint density at radius 3 is 2.50 bits per heavy atom. The second-order valence-corrected chi connectivity index (χ2v) is 6.55. The van der Waals surface area contributed by atoms with E-state index in [1.165, 1.54) is 38.5 Å². The fraction of sp³-hybridized carbons (Fsp3) is 0.556. The molecular formula is C18H22. The predicted octanol–water partition coefficient (Wildman–Crippen LogP) is 4.87. The molecule has 4 rings (SSSR count). The molecular weight excluding hydrogens is 216 g/mol. The van der Waals surface area contributed by atoms with Crippen LogP contribution in [-0.4, -0.2) is 0 Å². The van der Waals surface area contributed by atoms with Gasteiger partial charge in [0.25, 0.3) is 0 Å². The molecule has 0 radical (unpaired) electrons. The van der Waals surface area contributed by atoms with Crippen LogP contribution in [0.25, 0.3) is 5.57 Å². The molecule has 0 bridgehead atoms. The molecule has 0 heterocycles. The average Bonchev–Trinajstić information content (AvgIpc) is 3.29. The van der Waals surface area contributed by atoms with E-state index in [-0.39, 0.29) is 0 Å². The highest BCUT2D eigenvalue weighted by Gasteiger charge is 2.68. The van der Waals surface area contributed by atoms with Crippen molar-refractivity contribution in [2.75, 3.05) is 0 Å². The van der Waals surface area contributed by atoms with Gasteiger partial charge in [0.2, 0.25) is 0 Å². The first-order valence-corrected chi connectivity index (χ1v) is 7.54. The minimum atomic E-state index is 0.599. The molecule has 3 aliphatic rings. The van der Waals surface area contributed by atoms with Gasteiger partial charge in [-0.25, -0.2) is 0 Å². The summed E-state index contributed by atoms with van der Waals surface area (Å²) in [5.74, 6) is 0. The molecule has 0 nitrogen and oxygen atoms in total. The molecule has 18 heavy (non-hydrogen) atoms. The van der Waals surface area contributed by atoms with Crippen LogP contribution < -0.4 is 0 Å². The molecule has 1 aromatic rings. The van der Waals surface area contributed by atoms with Gasteiger partial charge in [0.05, 0.1) is 0 Å². The summed E-state index contributed by atoms with van der Waals surface area (Å²) in [6.45, 7) is 4.54.